The molecule has 0 N–H and O–H groups in total. The molecule has 0 bridgehead atoms. The number of hydrogen-bond donors (Lipinski definition) is 0. The van der Waals surface area contributed by atoms with Gasteiger partial charge in [0.05, 0.1) is 0 Å². The summed E-state index contributed by atoms with van der Waals surface area (Å²) in [4.78, 5) is 18.1. The summed E-state index contributed by atoms with van der Waals surface area (Å²) in [6.45, 7) is 5.40. The van der Waals surface area contributed by atoms with E-state index in [-0.39, 0.29) is 36.2 Å². The molecule has 1 aliphatic heterocycles. The molecule has 1 aromatic carbocycles. The molecule has 1 aliphatic rings. The summed E-state index contributed by atoms with van der Waals surface area (Å²) in [6, 6.07) is 6.75. The maximum atomic E-state index is 14.5. The van der Waals surface area contributed by atoms with Crippen molar-refractivity contribution < 1.29 is 26.7 Å². The smallest absolute Gasteiger partial charge is 0.272 e. The largest absolute Gasteiger partial charge is 0.294 e. The second-order valence-electron chi connectivity index (χ2n) is 8.44. The van der Waals surface area contributed by atoms with Crippen LogP contribution in [0.15, 0.2) is 41.4 Å². The van der Waals surface area contributed by atoms with Gasteiger partial charge in [0.2, 0.25) is 5.91 Å². The lowest BCUT2D eigenvalue weighted by Crippen LogP contribution is -2.32. The van der Waals surface area contributed by atoms with Gasteiger partial charge in [0.1, 0.15) is 0 Å². The molecule has 0 aliphatic carbocycles. The van der Waals surface area contributed by atoms with E-state index in [2.05, 4.69) is 4.98 Å². The highest BCUT2D eigenvalue weighted by Gasteiger charge is 2.42. The molecule has 31 heavy (non-hydrogen) atoms. The van der Waals surface area contributed by atoms with Gasteiger partial charge in [-0.25, -0.2) is 26.9 Å². The normalized spacial score (nSPS) is 18.0. The lowest BCUT2D eigenvalue weighted by Gasteiger charge is -2.31. The van der Waals surface area contributed by atoms with Crippen LogP contribution >= 0.6 is 11.8 Å². The first-order valence-corrected chi connectivity index (χ1v) is 10.5. The highest BCUT2D eigenvalue weighted by Crippen LogP contribution is 2.44. The Morgan fingerprint density at radius 3 is 2.26 bits per heavy atom. The number of hydrogen-bond acceptors (Lipinski definition) is 3. The van der Waals surface area contributed by atoms with Crippen LogP contribution in [0.5, 0.6) is 0 Å². The topological polar surface area (TPSA) is 33.2 Å². The standard InChI is InChI=1S/C22H23F5N2OS/c1-20(2,31-16-7-5-6-13(8-16)21(3,24)25)15-10-18(30)29(12-15)19-17(23)9-14(11-28-19)22(4,26)27/h5-9,11,15H,10,12H2,1-4H3. The number of amides is 1. The molecule has 2 heterocycles. The predicted molar refractivity (Wildman–Crippen MR) is 110 cm³/mol. The molecular weight excluding hydrogens is 435 g/mol. The Balaban J connectivity index is 1.79. The fraction of sp³-hybridized carbons (Fsp3) is 0.455. The Morgan fingerprint density at radius 2 is 1.68 bits per heavy atom. The first-order valence-electron chi connectivity index (χ1n) is 9.70. The average molecular weight is 458 g/mol. The van der Waals surface area contributed by atoms with Gasteiger partial charge in [-0.15, -0.1) is 11.8 Å². The van der Waals surface area contributed by atoms with Crippen molar-refractivity contribution in [2.24, 2.45) is 5.92 Å². The number of aromatic nitrogens is 1. The minimum Gasteiger partial charge on any atom is -0.294 e. The lowest BCUT2D eigenvalue weighted by atomic mass is 9.94. The van der Waals surface area contributed by atoms with Gasteiger partial charge in [0.15, 0.2) is 11.6 Å². The maximum Gasteiger partial charge on any atom is 0.272 e. The van der Waals surface area contributed by atoms with Crippen LogP contribution in [0.1, 0.15) is 45.2 Å². The van der Waals surface area contributed by atoms with E-state index in [1.165, 1.54) is 23.9 Å². The van der Waals surface area contributed by atoms with E-state index in [9.17, 15) is 26.7 Å². The van der Waals surface area contributed by atoms with Crippen LogP contribution in [-0.2, 0) is 16.6 Å². The number of carbonyl (C=O) groups is 1. The van der Waals surface area contributed by atoms with E-state index in [4.69, 9.17) is 0 Å². The van der Waals surface area contributed by atoms with Crippen molar-refractivity contribution in [3.8, 4) is 0 Å². The van der Waals surface area contributed by atoms with E-state index in [0.717, 1.165) is 18.0 Å². The summed E-state index contributed by atoms with van der Waals surface area (Å²) >= 11 is 1.36. The number of pyridine rings is 1. The Morgan fingerprint density at radius 1 is 1.03 bits per heavy atom. The van der Waals surface area contributed by atoms with Gasteiger partial charge in [-0.1, -0.05) is 12.1 Å². The third kappa shape index (κ3) is 5.19. The molecule has 1 unspecified atom stereocenters. The fourth-order valence-corrected chi connectivity index (χ4v) is 4.73. The van der Waals surface area contributed by atoms with E-state index in [0.29, 0.717) is 17.9 Å². The zero-order chi connectivity index (χ0) is 23.2. The van der Waals surface area contributed by atoms with Crippen LogP contribution in [-0.4, -0.2) is 22.2 Å². The highest BCUT2D eigenvalue weighted by molar-refractivity contribution is 8.00. The fourth-order valence-electron chi connectivity index (χ4n) is 3.47. The summed E-state index contributed by atoms with van der Waals surface area (Å²) in [6.07, 6.45) is 0.978. The number of benzene rings is 1. The SMILES string of the molecule is CC(F)(F)c1cccc(SC(C)(C)C2CC(=O)N(c3ncc(C(C)(F)F)cc3F)C2)c1. The number of halogens is 5. The molecule has 1 aromatic heterocycles. The van der Waals surface area contributed by atoms with Crippen LogP contribution in [0.4, 0.5) is 27.8 Å². The molecule has 3 nitrogen and oxygen atoms in total. The third-order valence-electron chi connectivity index (χ3n) is 5.41. The molecule has 1 atom stereocenters. The Kier molecular flexibility index (Phi) is 6.12. The molecule has 0 saturated carbocycles. The van der Waals surface area contributed by atoms with Gasteiger partial charge in [-0.2, -0.15) is 0 Å². The van der Waals surface area contributed by atoms with E-state index < -0.39 is 28.0 Å². The monoisotopic (exact) mass is 458 g/mol. The summed E-state index contributed by atoms with van der Waals surface area (Å²) in [5.74, 6) is -8.08. The molecule has 168 valence electrons. The number of nitrogens with zero attached hydrogens (tertiary/aromatic N) is 2. The second kappa shape index (κ2) is 8.07. The van der Waals surface area contributed by atoms with Gasteiger partial charge in [-0.05, 0) is 32.0 Å². The number of anilines is 1. The molecule has 0 radical (unpaired) electrons. The van der Waals surface area contributed by atoms with Gasteiger partial charge >= 0.3 is 0 Å². The van der Waals surface area contributed by atoms with Crippen LogP contribution in [0.3, 0.4) is 0 Å². The predicted octanol–water partition coefficient (Wildman–Crippen LogP) is 6.37. The van der Waals surface area contributed by atoms with Crippen molar-refractivity contribution in [2.75, 3.05) is 11.4 Å². The molecule has 3 rings (SSSR count). The van der Waals surface area contributed by atoms with Crippen molar-refractivity contribution in [2.45, 2.75) is 55.6 Å². The summed E-state index contributed by atoms with van der Waals surface area (Å²) in [5, 5.41) is 0. The summed E-state index contributed by atoms with van der Waals surface area (Å²) in [7, 11) is 0. The van der Waals surface area contributed by atoms with E-state index in [1.54, 1.807) is 12.1 Å². The molecule has 1 amide bonds. The molecule has 2 aromatic rings. The van der Waals surface area contributed by atoms with Crippen molar-refractivity contribution in [1.29, 1.82) is 0 Å². The Bertz CT molecular complexity index is 985. The van der Waals surface area contributed by atoms with Crippen molar-refractivity contribution in [3.63, 3.8) is 0 Å². The quantitative estimate of drug-likeness (QED) is 0.373. The lowest BCUT2D eigenvalue weighted by molar-refractivity contribution is -0.117. The Hall–Kier alpha value is -2.16. The molecule has 1 saturated heterocycles. The second-order valence-corrected chi connectivity index (χ2v) is 10.2. The molecule has 0 spiro atoms. The van der Waals surface area contributed by atoms with Crippen LogP contribution in [0.2, 0.25) is 0 Å². The number of alkyl halides is 4. The van der Waals surface area contributed by atoms with Gasteiger partial charge in [0.25, 0.3) is 11.8 Å². The minimum absolute atomic E-state index is 0.100. The van der Waals surface area contributed by atoms with Crippen LogP contribution in [0, 0.1) is 11.7 Å². The maximum absolute atomic E-state index is 14.5. The number of rotatable bonds is 6. The van der Waals surface area contributed by atoms with Crippen molar-refractivity contribution >= 4 is 23.5 Å². The van der Waals surface area contributed by atoms with Gasteiger partial charge in [-0.3, -0.25) is 9.69 Å². The van der Waals surface area contributed by atoms with Gasteiger partial charge in [0, 0.05) is 59.7 Å². The van der Waals surface area contributed by atoms with Gasteiger partial charge < -0.3 is 0 Å². The average Bonchev–Trinajstić information content (AvgIpc) is 3.02. The number of carbonyl (C=O) groups excluding carboxylic acids is 1. The Labute approximate surface area is 182 Å². The zero-order valence-corrected chi connectivity index (χ0v) is 18.4. The van der Waals surface area contributed by atoms with Crippen molar-refractivity contribution in [3.05, 3.63) is 53.5 Å². The first-order chi connectivity index (χ1) is 14.2. The third-order valence-corrected chi connectivity index (χ3v) is 6.76. The highest BCUT2D eigenvalue weighted by atomic mass is 32.2. The van der Waals surface area contributed by atoms with E-state index in [1.807, 2.05) is 13.8 Å². The summed E-state index contributed by atoms with van der Waals surface area (Å²) < 4.78 is 68.0. The van der Waals surface area contributed by atoms with Crippen LogP contribution in [0.25, 0.3) is 0 Å². The number of thioether (sulfide) groups is 1. The van der Waals surface area contributed by atoms with Crippen molar-refractivity contribution in [1.82, 2.24) is 4.98 Å². The molecular formula is C22H23F5N2OS. The summed E-state index contributed by atoms with van der Waals surface area (Å²) in [5.41, 5.74) is -0.669. The molecule has 9 heteroatoms. The first kappa shape index (κ1) is 23.5. The molecule has 1 fully saturated rings. The van der Waals surface area contributed by atoms with E-state index >= 15 is 0 Å². The zero-order valence-electron chi connectivity index (χ0n) is 17.6. The minimum atomic E-state index is -3.24. The van der Waals surface area contributed by atoms with Crippen LogP contribution < -0.4 is 4.90 Å².